The number of pyridine rings is 8. The van der Waals surface area contributed by atoms with Gasteiger partial charge in [0, 0.05) is 86.8 Å². The van der Waals surface area contributed by atoms with E-state index in [9.17, 15) is 14.4 Å². The number of nitrogens with one attached hydrogen (secondary N) is 3. The highest BCUT2D eigenvalue weighted by atomic mass is 32.2. The summed E-state index contributed by atoms with van der Waals surface area (Å²) in [6, 6.07) is 43.8. The van der Waals surface area contributed by atoms with E-state index in [1.807, 2.05) is 121 Å². The van der Waals surface area contributed by atoms with E-state index in [4.69, 9.17) is 25.6 Å². The van der Waals surface area contributed by atoms with Crippen LogP contribution in [0.5, 0.6) is 0 Å². The topological polar surface area (TPSA) is 384 Å². The van der Waals surface area contributed by atoms with Crippen molar-refractivity contribution >= 4 is 47.5 Å². The Hall–Kier alpha value is -11.9. The van der Waals surface area contributed by atoms with Crippen molar-refractivity contribution < 1.29 is 43.5 Å². The van der Waals surface area contributed by atoms with Crippen LogP contribution >= 0.6 is 12.0 Å². The number of carbonyl (C=O) groups excluding carboxylic acids is 3. The van der Waals surface area contributed by atoms with Gasteiger partial charge in [0.15, 0.2) is 5.71 Å². The standard InChI is InChI=1S/C18H17N5O2.C16H14N6O2.C11H9N3O.C11H11N3.C8H10N2O4S/c1-2-25-17(24)13-11-21-18(22-12-13)23-16(14-7-3-5-9-19-14)15-8-4-6-10-20-15;23-15(22-24)11-9-19-16(20-10-11)21-14(12-5-1-3-7-17-12)13-6-2-4-8-18-13;15-14-11(9-5-1-3-7-12-9)10-6-2-4-8-13-10;12-11(9-5-1-3-7-13-9)10-6-2-4-8-14-10;1-3-13-7(11)6-4-9-8(10-5-6)15-14-12-2/h3-12,16H,2H2,1H3,(H,21,22,23);1-10,14,24H,(H,22,23)(H,19,20,21);1-8,15H;1-8,11H,12H2;4-5H,3H2,1-2H3. The Balaban J connectivity index is 0.000000168. The number of hydroxylamine groups is 1. The van der Waals surface area contributed by atoms with Crippen molar-refractivity contribution in [3.8, 4) is 0 Å². The number of amides is 1. The summed E-state index contributed by atoms with van der Waals surface area (Å²) in [5, 5.41) is 27.5. The number of esters is 2. The van der Waals surface area contributed by atoms with Crippen molar-refractivity contribution in [2.45, 2.75) is 37.1 Å². The van der Waals surface area contributed by atoms with Crippen LogP contribution in [0.15, 0.2) is 243 Å². The van der Waals surface area contributed by atoms with Crippen molar-refractivity contribution in [2.75, 3.05) is 31.0 Å². The molecular formula is C64H61N19O9S. The molecule has 7 N–H and O–H groups in total. The molecule has 0 saturated heterocycles. The van der Waals surface area contributed by atoms with E-state index in [1.54, 1.807) is 87.7 Å². The van der Waals surface area contributed by atoms with Crippen molar-refractivity contribution in [3.05, 3.63) is 295 Å². The molecule has 29 heteroatoms. The summed E-state index contributed by atoms with van der Waals surface area (Å²) in [5.74, 6) is -0.880. The van der Waals surface area contributed by atoms with E-state index < -0.39 is 17.8 Å². The van der Waals surface area contributed by atoms with Gasteiger partial charge in [0.2, 0.25) is 17.1 Å². The monoisotopic (exact) mass is 1270 g/mol. The smallest absolute Gasteiger partial charge is 0.341 e. The average Bonchev–Trinajstić information content (AvgIpc) is 1.87. The molecule has 0 aliphatic heterocycles. The maximum absolute atomic E-state index is 11.7. The first-order valence-electron chi connectivity index (χ1n) is 28.0. The van der Waals surface area contributed by atoms with Gasteiger partial charge in [-0.2, -0.15) is 4.33 Å². The fourth-order valence-corrected chi connectivity index (χ4v) is 7.93. The minimum absolute atomic E-state index is 0.148. The summed E-state index contributed by atoms with van der Waals surface area (Å²) < 4.78 is 14.2. The molecule has 0 radical (unpaired) electrons. The lowest BCUT2D eigenvalue weighted by atomic mass is 10.1. The number of ether oxygens (including phenoxy) is 2. The number of hydrogen-bond acceptors (Lipinski definition) is 28. The summed E-state index contributed by atoms with van der Waals surface area (Å²) in [6.45, 7) is 4.11. The first kappa shape index (κ1) is 68.6. The van der Waals surface area contributed by atoms with Crippen LogP contribution in [0.3, 0.4) is 0 Å². The van der Waals surface area contributed by atoms with Crippen molar-refractivity contribution in [1.82, 2.24) is 75.3 Å². The Morgan fingerprint density at radius 2 is 0.785 bits per heavy atom. The molecule has 1 amide bonds. The van der Waals surface area contributed by atoms with Gasteiger partial charge in [0.25, 0.3) is 5.91 Å². The Bertz CT molecular complexity index is 3780. The second kappa shape index (κ2) is 38.5. The van der Waals surface area contributed by atoms with Gasteiger partial charge in [0.1, 0.15) is 24.1 Å². The second-order valence-corrected chi connectivity index (χ2v) is 18.8. The quantitative estimate of drug-likeness (QED) is 0.00607. The Morgan fingerprint density at radius 3 is 1.08 bits per heavy atom. The fourth-order valence-electron chi connectivity index (χ4n) is 7.60. The predicted molar refractivity (Wildman–Crippen MR) is 339 cm³/mol. The maximum Gasteiger partial charge on any atom is 0.341 e. The minimum Gasteiger partial charge on any atom is -0.462 e. The third-order valence-corrected chi connectivity index (χ3v) is 12.5. The van der Waals surface area contributed by atoms with Gasteiger partial charge in [-0.3, -0.25) is 49.9 Å². The van der Waals surface area contributed by atoms with Gasteiger partial charge in [-0.25, -0.2) is 49.9 Å². The molecule has 0 unspecified atom stereocenters. The molecular weight excluding hydrogens is 1210 g/mol. The second-order valence-electron chi connectivity index (χ2n) is 18.1. The van der Waals surface area contributed by atoms with Crippen LogP contribution in [0.2, 0.25) is 0 Å². The summed E-state index contributed by atoms with van der Waals surface area (Å²) in [7, 11) is 1.37. The molecule has 472 valence electrons. The maximum atomic E-state index is 11.7. The number of oxime groups is 1. The van der Waals surface area contributed by atoms with Gasteiger partial charge in [-0.1, -0.05) is 53.7 Å². The van der Waals surface area contributed by atoms with Crippen molar-refractivity contribution in [3.63, 3.8) is 0 Å². The predicted octanol–water partition coefficient (Wildman–Crippen LogP) is 8.70. The molecule has 0 spiro atoms. The molecule has 0 saturated carbocycles. The lowest BCUT2D eigenvalue weighted by Gasteiger charge is -2.17. The molecule has 0 bridgehead atoms. The molecule has 0 aromatic carbocycles. The summed E-state index contributed by atoms with van der Waals surface area (Å²) in [6.07, 6.45) is 21.8. The molecule has 0 aliphatic rings. The first-order chi connectivity index (χ1) is 45.6. The fraction of sp³-hybridized carbons (Fsp3) is 0.125. The van der Waals surface area contributed by atoms with Crippen LogP contribution < -0.4 is 21.8 Å². The number of aromatic nitrogens is 14. The van der Waals surface area contributed by atoms with Crippen molar-refractivity contribution in [1.29, 1.82) is 0 Å². The van der Waals surface area contributed by atoms with E-state index in [1.165, 1.54) is 49.8 Å². The van der Waals surface area contributed by atoms with E-state index in [2.05, 4.69) is 94.8 Å². The largest absolute Gasteiger partial charge is 0.462 e. The number of hydrogen-bond donors (Lipinski definition) is 6. The average molecular weight is 1270 g/mol. The number of rotatable bonds is 20. The minimum atomic E-state index is -0.674. The highest BCUT2D eigenvalue weighted by Crippen LogP contribution is 2.24. The molecule has 0 atom stereocenters. The Labute approximate surface area is 537 Å². The Morgan fingerprint density at radius 1 is 0.462 bits per heavy atom. The zero-order valence-electron chi connectivity index (χ0n) is 50.0. The zero-order chi connectivity index (χ0) is 65.7. The molecule has 0 aliphatic carbocycles. The van der Waals surface area contributed by atoms with Crippen LogP contribution in [0.1, 0.15) is 109 Å². The third-order valence-electron chi connectivity index (χ3n) is 11.9. The lowest BCUT2D eigenvalue weighted by Crippen LogP contribution is -2.20. The van der Waals surface area contributed by atoms with Gasteiger partial charge in [-0.15, -0.1) is 0 Å². The number of nitrogens with two attached hydrogens (primary N) is 1. The third kappa shape index (κ3) is 22.3. The number of carbonyl (C=O) groups is 3. The summed E-state index contributed by atoms with van der Waals surface area (Å²) in [5.41, 5.74) is 14.6. The molecule has 11 heterocycles. The van der Waals surface area contributed by atoms with Crippen LogP contribution in [0, 0.1) is 0 Å². The molecule has 93 heavy (non-hydrogen) atoms. The Kier molecular flexibility index (Phi) is 28.4. The summed E-state index contributed by atoms with van der Waals surface area (Å²) in [4.78, 5) is 96.9. The molecule has 0 fully saturated rings. The lowest BCUT2D eigenvalue weighted by molar-refractivity contribution is -0.160. The van der Waals surface area contributed by atoms with E-state index in [-0.39, 0.29) is 23.7 Å². The first-order valence-corrected chi connectivity index (χ1v) is 28.8. The van der Waals surface area contributed by atoms with E-state index in [0.717, 1.165) is 46.2 Å². The molecule has 11 aromatic heterocycles. The van der Waals surface area contributed by atoms with Gasteiger partial charge in [-0.05, 0) is 111 Å². The van der Waals surface area contributed by atoms with Crippen LogP contribution in [0.4, 0.5) is 11.9 Å². The van der Waals surface area contributed by atoms with Crippen LogP contribution in [-0.2, 0) is 18.7 Å². The SMILES string of the molecule is CCOC(=O)c1cnc(NC(c2ccccn2)c2ccccn2)nc1.CCOC(=O)c1cnc(SOOC)nc1.NC(c1ccccn1)c1ccccn1.O=C(NO)c1cnc(NC(c2ccccn2)c2ccccn2)nc1.ON=C(c1ccccn1)c1ccccn1. The normalized spacial score (nSPS) is 10.2. The number of anilines is 2. The van der Waals surface area contributed by atoms with Gasteiger partial charge >= 0.3 is 11.9 Å². The highest BCUT2D eigenvalue weighted by Gasteiger charge is 2.20. The van der Waals surface area contributed by atoms with Gasteiger partial charge < -0.3 is 31.0 Å². The molecule has 28 nitrogen and oxygen atoms in total. The molecule has 11 aromatic rings. The van der Waals surface area contributed by atoms with Crippen LogP contribution in [-0.4, -0.2) is 124 Å². The molecule has 11 rings (SSSR count). The summed E-state index contributed by atoms with van der Waals surface area (Å²) >= 11 is 0.858. The zero-order valence-corrected chi connectivity index (χ0v) is 50.8. The van der Waals surface area contributed by atoms with Gasteiger partial charge in [0.05, 0.1) is 88.6 Å². The van der Waals surface area contributed by atoms with Crippen molar-refractivity contribution in [2.24, 2.45) is 10.9 Å². The van der Waals surface area contributed by atoms with E-state index >= 15 is 0 Å². The number of nitrogens with zero attached hydrogens (tertiary/aromatic N) is 15. The van der Waals surface area contributed by atoms with Crippen LogP contribution in [0.25, 0.3) is 0 Å². The van der Waals surface area contributed by atoms with E-state index in [0.29, 0.717) is 58.5 Å². The highest BCUT2D eigenvalue weighted by molar-refractivity contribution is 7.94.